The molecule has 2 fully saturated rings. The number of hydrogen-bond acceptors (Lipinski definition) is 5. The van der Waals surface area contributed by atoms with E-state index < -0.39 is 0 Å². The molecule has 162 valence electrons. The van der Waals surface area contributed by atoms with Crippen molar-refractivity contribution < 1.29 is 4.79 Å². The predicted octanol–water partition coefficient (Wildman–Crippen LogP) is 2.71. The van der Waals surface area contributed by atoms with E-state index in [0.29, 0.717) is 29.2 Å². The summed E-state index contributed by atoms with van der Waals surface area (Å²) >= 11 is 12.2. The number of rotatable bonds is 4. The van der Waals surface area contributed by atoms with Gasteiger partial charge in [-0.3, -0.25) is 14.8 Å². The number of H-pyrrole nitrogens is 1. The molecule has 0 bridgehead atoms. The number of anilines is 1. The van der Waals surface area contributed by atoms with Crippen molar-refractivity contribution in [1.82, 2.24) is 25.3 Å². The van der Waals surface area contributed by atoms with Gasteiger partial charge in [0.25, 0.3) is 0 Å². The van der Waals surface area contributed by atoms with Crippen LogP contribution in [0.15, 0.2) is 24.3 Å². The highest BCUT2D eigenvalue weighted by Crippen LogP contribution is 2.28. The Bertz CT molecular complexity index is 873. The van der Waals surface area contributed by atoms with Crippen LogP contribution in [0, 0.1) is 0 Å². The molecule has 1 aromatic carbocycles. The summed E-state index contributed by atoms with van der Waals surface area (Å²) in [5.74, 6) is 1.08. The first kappa shape index (κ1) is 21.4. The van der Waals surface area contributed by atoms with Crippen molar-refractivity contribution in [2.75, 3.05) is 50.7 Å². The van der Waals surface area contributed by atoms with Crippen LogP contribution in [0.5, 0.6) is 0 Å². The summed E-state index contributed by atoms with van der Waals surface area (Å²) in [6.07, 6.45) is 0. The second-order valence-electron chi connectivity index (χ2n) is 8.21. The third kappa shape index (κ3) is 4.75. The Hall–Kier alpha value is -1.80. The smallest absolute Gasteiger partial charge is 0.241 e. The van der Waals surface area contributed by atoms with Crippen molar-refractivity contribution >= 4 is 34.9 Å². The molecule has 3 heterocycles. The summed E-state index contributed by atoms with van der Waals surface area (Å²) in [4.78, 5) is 19.5. The minimum Gasteiger partial charge on any atom is -0.352 e. The zero-order valence-electron chi connectivity index (χ0n) is 17.4. The van der Waals surface area contributed by atoms with Gasteiger partial charge < -0.3 is 15.1 Å². The molecule has 1 atom stereocenters. The van der Waals surface area contributed by atoms with E-state index in [9.17, 15) is 4.79 Å². The Morgan fingerprint density at radius 1 is 1.07 bits per heavy atom. The van der Waals surface area contributed by atoms with Gasteiger partial charge >= 0.3 is 0 Å². The molecule has 30 heavy (non-hydrogen) atoms. The number of carbonyl (C=O) groups is 1. The molecule has 4 rings (SSSR count). The van der Waals surface area contributed by atoms with Gasteiger partial charge in [-0.15, -0.1) is 0 Å². The summed E-state index contributed by atoms with van der Waals surface area (Å²) in [5.41, 5.74) is 1.77. The Kier molecular flexibility index (Phi) is 6.53. The number of hydrogen-bond donors (Lipinski definition) is 2. The molecule has 9 heteroatoms. The van der Waals surface area contributed by atoms with Crippen molar-refractivity contribution in [3.63, 3.8) is 0 Å². The number of aromatic nitrogens is 2. The lowest BCUT2D eigenvalue weighted by molar-refractivity contribution is -0.135. The molecular weight excluding hydrogens is 423 g/mol. The van der Waals surface area contributed by atoms with Crippen molar-refractivity contribution in [2.24, 2.45) is 0 Å². The first-order valence-corrected chi connectivity index (χ1v) is 11.2. The van der Waals surface area contributed by atoms with Gasteiger partial charge in [-0.05, 0) is 32.0 Å². The van der Waals surface area contributed by atoms with Gasteiger partial charge in [-0.1, -0.05) is 23.2 Å². The minimum atomic E-state index is -0.114. The number of halogens is 2. The van der Waals surface area contributed by atoms with Crippen LogP contribution in [0.3, 0.4) is 0 Å². The highest BCUT2D eigenvalue weighted by atomic mass is 35.5. The maximum absolute atomic E-state index is 13.0. The molecule has 2 saturated heterocycles. The van der Waals surface area contributed by atoms with E-state index in [1.165, 1.54) is 0 Å². The van der Waals surface area contributed by atoms with E-state index in [4.69, 9.17) is 23.2 Å². The topological polar surface area (TPSA) is 67.5 Å². The van der Waals surface area contributed by atoms with Gasteiger partial charge in [0, 0.05) is 73.5 Å². The monoisotopic (exact) mass is 450 g/mol. The van der Waals surface area contributed by atoms with Gasteiger partial charge in [0.2, 0.25) is 5.91 Å². The lowest BCUT2D eigenvalue weighted by Crippen LogP contribution is -2.61. The summed E-state index contributed by atoms with van der Waals surface area (Å²) in [7, 11) is 0. The molecule has 2 aliphatic rings. The number of nitrogens with zero attached hydrogens (tertiary/aromatic N) is 4. The van der Waals surface area contributed by atoms with Crippen LogP contribution < -0.4 is 10.2 Å². The SMILES string of the molecule is CC(C)N1CCN[C@H](C(=O)N2CCN(c3cc(-c4cc(Cl)cc(Cl)c4)[nH]n3)CC2)C1. The Morgan fingerprint density at radius 2 is 1.77 bits per heavy atom. The van der Waals surface area contributed by atoms with E-state index in [2.05, 4.69) is 39.2 Å². The van der Waals surface area contributed by atoms with Crippen LogP contribution in [0.1, 0.15) is 13.8 Å². The zero-order chi connectivity index (χ0) is 21.3. The quantitative estimate of drug-likeness (QED) is 0.749. The number of amides is 1. The number of aromatic amines is 1. The van der Waals surface area contributed by atoms with Crippen molar-refractivity contribution in [1.29, 1.82) is 0 Å². The third-order valence-corrected chi connectivity index (χ3v) is 6.32. The van der Waals surface area contributed by atoms with E-state index >= 15 is 0 Å². The highest BCUT2D eigenvalue weighted by molar-refractivity contribution is 6.35. The minimum absolute atomic E-state index is 0.114. The van der Waals surface area contributed by atoms with Crippen LogP contribution in [0.4, 0.5) is 5.82 Å². The number of piperazine rings is 2. The second-order valence-corrected chi connectivity index (χ2v) is 9.08. The zero-order valence-corrected chi connectivity index (χ0v) is 18.9. The lowest BCUT2D eigenvalue weighted by Gasteiger charge is -2.40. The third-order valence-electron chi connectivity index (χ3n) is 5.89. The van der Waals surface area contributed by atoms with Crippen LogP contribution >= 0.6 is 23.2 Å². The fraction of sp³-hybridized carbons (Fsp3) is 0.524. The van der Waals surface area contributed by atoms with Crippen molar-refractivity contribution in [3.05, 3.63) is 34.3 Å². The molecule has 0 aliphatic carbocycles. The maximum atomic E-state index is 13.0. The van der Waals surface area contributed by atoms with Crippen LogP contribution in [0.2, 0.25) is 10.0 Å². The lowest BCUT2D eigenvalue weighted by atomic mass is 10.1. The van der Waals surface area contributed by atoms with Crippen molar-refractivity contribution in [3.8, 4) is 11.3 Å². The molecule has 2 aromatic rings. The van der Waals surface area contributed by atoms with Gasteiger partial charge in [0.1, 0.15) is 0 Å². The fourth-order valence-corrected chi connectivity index (χ4v) is 4.64. The summed E-state index contributed by atoms with van der Waals surface area (Å²) in [6, 6.07) is 7.78. The molecule has 1 amide bonds. The molecule has 0 unspecified atom stereocenters. The van der Waals surface area contributed by atoms with E-state index in [-0.39, 0.29) is 11.9 Å². The predicted molar refractivity (Wildman–Crippen MR) is 121 cm³/mol. The molecule has 0 radical (unpaired) electrons. The largest absolute Gasteiger partial charge is 0.352 e. The average Bonchev–Trinajstić information content (AvgIpc) is 3.23. The highest BCUT2D eigenvalue weighted by Gasteiger charge is 2.31. The molecular formula is C21H28Cl2N6O. The molecule has 2 N–H and O–H groups in total. The summed E-state index contributed by atoms with van der Waals surface area (Å²) in [5, 5.41) is 12.1. The molecule has 0 spiro atoms. The molecule has 7 nitrogen and oxygen atoms in total. The first-order valence-electron chi connectivity index (χ1n) is 10.4. The maximum Gasteiger partial charge on any atom is 0.241 e. The average molecular weight is 451 g/mol. The molecule has 0 saturated carbocycles. The van der Waals surface area contributed by atoms with Gasteiger partial charge in [-0.25, -0.2) is 0 Å². The number of benzene rings is 1. The molecule has 2 aliphatic heterocycles. The Balaban J connectivity index is 1.36. The van der Waals surface area contributed by atoms with Crippen LogP contribution in [-0.4, -0.2) is 83.8 Å². The Labute approximate surface area is 187 Å². The van der Waals surface area contributed by atoms with Crippen LogP contribution in [0.25, 0.3) is 11.3 Å². The first-order chi connectivity index (χ1) is 14.4. The summed E-state index contributed by atoms with van der Waals surface area (Å²) < 4.78 is 0. The fourth-order valence-electron chi connectivity index (χ4n) is 4.11. The van der Waals surface area contributed by atoms with Crippen molar-refractivity contribution in [2.45, 2.75) is 25.9 Å². The van der Waals surface area contributed by atoms with Crippen LogP contribution in [-0.2, 0) is 4.79 Å². The van der Waals surface area contributed by atoms with Gasteiger partial charge in [0.05, 0.1) is 11.7 Å². The van der Waals surface area contributed by atoms with E-state index in [0.717, 1.165) is 49.8 Å². The standard InChI is InChI=1S/C21H28Cl2N6O/c1-14(2)29-4-3-24-19(13-29)21(30)28-7-5-27(6-8-28)20-12-18(25-26-20)15-9-16(22)11-17(23)10-15/h9-12,14,19,24H,3-8,13H2,1-2H3,(H,25,26)/t19-/m0/s1. The number of nitrogens with one attached hydrogen (secondary N) is 2. The molecule has 1 aromatic heterocycles. The number of carbonyl (C=O) groups excluding carboxylic acids is 1. The Morgan fingerprint density at radius 3 is 2.43 bits per heavy atom. The van der Waals surface area contributed by atoms with E-state index in [1.807, 2.05) is 23.1 Å². The normalized spacial score (nSPS) is 20.8. The summed E-state index contributed by atoms with van der Waals surface area (Å²) in [6.45, 7) is 9.91. The van der Waals surface area contributed by atoms with E-state index in [1.54, 1.807) is 6.07 Å². The van der Waals surface area contributed by atoms with Gasteiger partial charge in [-0.2, -0.15) is 5.10 Å². The van der Waals surface area contributed by atoms with Gasteiger partial charge in [0.15, 0.2) is 5.82 Å². The second kappa shape index (κ2) is 9.14.